The molecule has 0 atom stereocenters. The maximum atomic E-state index is 13.0. The predicted octanol–water partition coefficient (Wildman–Crippen LogP) is 5.93. The Bertz CT molecular complexity index is 960. The van der Waals surface area contributed by atoms with Gasteiger partial charge in [0.15, 0.2) is 0 Å². The van der Waals surface area contributed by atoms with Crippen molar-refractivity contribution in [3.8, 4) is 0 Å². The van der Waals surface area contributed by atoms with Crippen molar-refractivity contribution in [2.24, 2.45) is 4.99 Å². The van der Waals surface area contributed by atoms with E-state index in [0.717, 1.165) is 34.7 Å². The van der Waals surface area contributed by atoms with Crippen LogP contribution in [0.15, 0.2) is 77.8 Å². The summed E-state index contributed by atoms with van der Waals surface area (Å²) in [5.41, 5.74) is 3.32. The fourth-order valence-corrected chi connectivity index (χ4v) is 2.85. The molecule has 1 N–H and O–H groups in total. The van der Waals surface area contributed by atoms with Crippen LogP contribution in [0.3, 0.4) is 0 Å². The number of alkyl halides is 3. The van der Waals surface area contributed by atoms with Gasteiger partial charge in [-0.1, -0.05) is 48.5 Å². The molecule has 0 saturated heterocycles. The summed E-state index contributed by atoms with van der Waals surface area (Å²) >= 11 is 0. The summed E-state index contributed by atoms with van der Waals surface area (Å²) in [7, 11) is 0. The molecule has 5 heteroatoms. The van der Waals surface area contributed by atoms with Crippen molar-refractivity contribution in [2.75, 3.05) is 5.32 Å². The van der Waals surface area contributed by atoms with Gasteiger partial charge >= 0.3 is 6.18 Å². The van der Waals surface area contributed by atoms with E-state index in [1.165, 1.54) is 6.07 Å². The maximum absolute atomic E-state index is 13.0. The average molecular weight is 338 g/mol. The van der Waals surface area contributed by atoms with E-state index in [4.69, 9.17) is 0 Å². The van der Waals surface area contributed by atoms with Gasteiger partial charge in [0, 0.05) is 16.8 Å². The van der Waals surface area contributed by atoms with Gasteiger partial charge in [0.2, 0.25) is 0 Å². The van der Waals surface area contributed by atoms with Gasteiger partial charge in [0.05, 0.1) is 22.6 Å². The van der Waals surface area contributed by atoms with Gasteiger partial charge in [-0.25, -0.2) is 4.99 Å². The van der Waals surface area contributed by atoms with Crippen LogP contribution in [-0.4, -0.2) is 5.71 Å². The minimum atomic E-state index is -4.39. The van der Waals surface area contributed by atoms with Crippen LogP contribution < -0.4 is 5.32 Å². The predicted molar refractivity (Wildman–Crippen MR) is 92.9 cm³/mol. The SMILES string of the molecule is FC(F)(F)c1ccc2c(c1)Nc1ccccc1C(c1ccccc1)=N2. The number of nitrogens with zero attached hydrogens (tertiary/aromatic N) is 1. The first-order valence-corrected chi connectivity index (χ1v) is 7.74. The highest BCUT2D eigenvalue weighted by Crippen LogP contribution is 2.39. The highest BCUT2D eigenvalue weighted by molar-refractivity contribution is 6.18. The minimum absolute atomic E-state index is 0.341. The molecule has 25 heavy (non-hydrogen) atoms. The maximum Gasteiger partial charge on any atom is 0.416 e. The largest absolute Gasteiger partial charge is 0.416 e. The fourth-order valence-electron chi connectivity index (χ4n) is 2.85. The molecule has 124 valence electrons. The van der Waals surface area contributed by atoms with E-state index < -0.39 is 11.7 Å². The molecule has 0 radical (unpaired) electrons. The molecule has 1 aliphatic heterocycles. The Hall–Kier alpha value is -3.08. The number of aliphatic imine (C=N–C) groups is 1. The van der Waals surface area contributed by atoms with E-state index in [1.807, 2.05) is 54.6 Å². The Balaban J connectivity index is 1.94. The number of rotatable bonds is 1. The van der Waals surface area contributed by atoms with Crippen LogP contribution in [0.5, 0.6) is 0 Å². The lowest BCUT2D eigenvalue weighted by atomic mass is 10.0. The molecule has 1 aliphatic rings. The van der Waals surface area contributed by atoms with E-state index in [1.54, 1.807) is 0 Å². The van der Waals surface area contributed by atoms with Crippen molar-refractivity contribution in [2.45, 2.75) is 6.18 Å². The third-order valence-corrected chi connectivity index (χ3v) is 4.05. The second-order valence-electron chi connectivity index (χ2n) is 5.73. The summed E-state index contributed by atoms with van der Waals surface area (Å²) in [5, 5.41) is 3.10. The third-order valence-electron chi connectivity index (χ3n) is 4.05. The van der Waals surface area contributed by atoms with Crippen LogP contribution in [0.25, 0.3) is 0 Å². The van der Waals surface area contributed by atoms with Crippen molar-refractivity contribution in [3.05, 3.63) is 89.5 Å². The smallest absolute Gasteiger partial charge is 0.353 e. The van der Waals surface area contributed by atoms with Crippen LogP contribution >= 0.6 is 0 Å². The summed E-state index contributed by atoms with van der Waals surface area (Å²) in [6.45, 7) is 0. The lowest BCUT2D eigenvalue weighted by molar-refractivity contribution is -0.137. The average Bonchev–Trinajstić information content (AvgIpc) is 2.77. The van der Waals surface area contributed by atoms with Gasteiger partial charge in [0.1, 0.15) is 0 Å². The topological polar surface area (TPSA) is 24.4 Å². The molecule has 0 amide bonds. The van der Waals surface area contributed by atoms with Gasteiger partial charge in [-0.05, 0) is 24.3 Å². The number of hydrogen-bond acceptors (Lipinski definition) is 2. The number of hydrogen-bond donors (Lipinski definition) is 1. The number of anilines is 2. The third kappa shape index (κ3) is 2.89. The normalized spacial score (nSPS) is 13.2. The molecule has 4 rings (SSSR count). The lowest BCUT2D eigenvalue weighted by Crippen LogP contribution is -2.05. The number of fused-ring (bicyclic) bond motifs is 2. The Morgan fingerprint density at radius 3 is 2.24 bits per heavy atom. The van der Waals surface area contributed by atoms with Crippen molar-refractivity contribution in [1.82, 2.24) is 0 Å². The van der Waals surface area contributed by atoms with Crippen LogP contribution in [0.1, 0.15) is 16.7 Å². The number of nitrogens with one attached hydrogen (secondary N) is 1. The van der Waals surface area contributed by atoms with E-state index >= 15 is 0 Å². The van der Waals surface area contributed by atoms with Gasteiger partial charge in [0.25, 0.3) is 0 Å². The monoisotopic (exact) mass is 338 g/mol. The summed E-state index contributed by atoms with van der Waals surface area (Å²) in [4.78, 5) is 4.66. The fraction of sp³-hybridized carbons (Fsp3) is 0.0500. The minimum Gasteiger partial charge on any atom is -0.353 e. The molecule has 1 heterocycles. The summed E-state index contributed by atoms with van der Waals surface area (Å²) in [5.74, 6) is 0. The van der Waals surface area contributed by atoms with Crippen LogP contribution in [0.2, 0.25) is 0 Å². The van der Waals surface area contributed by atoms with E-state index in [9.17, 15) is 13.2 Å². The molecule has 2 nitrogen and oxygen atoms in total. The molecule has 0 aliphatic carbocycles. The quantitative estimate of drug-likeness (QED) is 0.457. The zero-order valence-corrected chi connectivity index (χ0v) is 13.0. The molecule has 0 saturated carbocycles. The zero-order valence-electron chi connectivity index (χ0n) is 13.0. The standard InChI is InChI=1S/C20H13F3N2/c21-20(22,23)14-10-11-17-18(12-14)24-16-9-5-4-8-15(16)19(25-17)13-6-2-1-3-7-13/h1-12,24H. The summed E-state index contributed by atoms with van der Waals surface area (Å²) < 4.78 is 39.1. The Morgan fingerprint density at radius 1 is 0.760 bits per heavy atom. The van der Waals surface area contributed by atoms with Crippen LogP contribution in [0, 0.1) is 0 Å². The van der Waals surface area contributed by atoms with Gasteiger partial charge in [-0.15, -0.1) is 0 Å². The molecule has 0 unspecified atom stereocenters. The van der Waals surface area contributed by atoms with Crippen molar-refractivity contribution >= 4 is 22.8 Å². The highest BCUT2D eigenvalue weighted by atomic mass is 19.4. The Kier molecular flexibility index (Phi) is 3.57. The van der Waals surface area contributed by atoms with E-state index in [-0.39, 0.29) is 0 Å². The molecule has 3 aromatic rings. The van der Waals surface area contributed by atoms with Crippen LogP contribution in [0.4, 0.5) is 30.2 Å². The number of benzene rings is 3. The summed E-state index contributed by atoms with van der Waals surface area (Å²) in [6.07, 6.45) is -4.39. The molecule has 0 bridgehead atoms. The lowest BCUT2D eigenvalue weighted by Gasteiger charge is -2.12. The molecular formula is C20H13F3N2. The Morgan fingerprint density at radius 2 is 1.48 bits per heavy atom. The number of halogens is 3. The van der Waals surface area contributed by atoms with Crippen molar-refractivity contribution in [3.63, 3.8) is 0 Å². The number of para-hydroxylation sites is 1. The molecular weight excluding hydrogens is 325 g/mol. The first-order valence-electron chi connectivity index (χ1n) is 7.74. The van der Waals surface area contributed by atoms with E-state index in [0.29, 0.717) is 11.4 Å². The van der Waals surface area contributed by atoms with E-state index in [2.05, 4.69) is 10.3 Å². The molecule has 0 spiro atoms. The molecule has 3 aromatic carbocycles. The van der Waals surface area contributed by atoms with Gasteiger partial charge < -0.3 is 5.32 Å². The van der Waals surface area contributed by atoms with Crippen LogP contribution in [-0.2, 0) is 6.18 Å². The summed E-state index contributed by atoms with van der Waals surface area (Å²) in [6, 6.07) is 20.6. The first kappa shape index (κ1) is 15.4. The molecule has 0 fully saturated rings. The second kappa shape index (κ2) is 5.77. The highest BCUT2D eigenvalue weighted by Gasteiger charge is 2.31. The van der Waals surface area contributed by atoms with Crippen molar-refractivity contribution in [1.29, 1.82) is 0 Å². The van der Waals surface area contributed by atoms with Crippen molar-refractivity contribution < 1.29 is 13.2 Å². The first-order chi connectivity index (χ1) is 12.0. The zero-order chi connectivity index (χ0) is 17.4. The Labute approximate surface area is 142 Å². The van der Waals surface area contributed by atoms with Gasteiger partial charge in [-0.2, -0.15) is 13.2 Å². The van der Waals surface area contributed by atoms with Gasteiger partial charge in [-0.3, -0.25) is 0 Å². The second-order valence-corrected chi connectivity index (χ2v) is 5.73. The molecule has 0 aromatic heterocycles.